The molecule has 0 unspecified atom stereocenters. The topological polar surface area (TPSA) is 52.6 Å². The zero-order valence-electron chi connectivity index (χ0n) is 16.8. The lowest BCUT2D eigenvalue weighted by Gasteiger charge is -2.47. The minimum atomic E-state index is -1.15. The molecule has 3 heterocycles. The third-order valence-electron chi connectivity index (χ3n) is 6.68. The van der Waals surface area contributed by atoms with Crippen LogP contribution in [0.2, 0.25) is 0 Å². The Morgan fingerprint density at radius 1 is 0.875 bits per heavy atom. The third kappa shape index (κ3) is 2.24. The van der Waals surface area contributed by atoms with Crippen molar-refractivity contribution >= 4 is 33.7 Å². The highest BCUT2D eigenvalue weighted by Gasteiger charge is 2.54. The molecule has 154 valence electrons. The van der Waals surface area contributed by atoms with Gasteiger partial charge in [-0.1, -0.05) is 60.7 Å². The van der Waals surface area contributed by atoms with Crippen LogP contribution in [0.3, 0.4) is 0 Å². The summed E-state index contributed by atoms with van der Waals surface area (Å²) in [6.07, 6.45) is -0.214. The Labute approximate surface area is 187 Å². The van der Waals surface area contributed by atoms with Crippen LogP contribution in [0.15, 0.2) is 88.8 Å². The maximum absolute atomic E-state index is 13.6. The van der Waals surface area contributed by atoms with Crippen molar-refractivity contribution in [1.82, 2.24) is 0 Å². The maximum Gasteiger partial charge on any atom is 0.243 e. The van der Waals surface area contributed by atoms with Crippen LogP contribution in [0.5, 0.6) is 0 Å². The average Bonchev–Trinajstić information content (AvgIpc) is 3.38. The van der Waals surface area contributed by atoms with E-state index in [4.69, 9.17) is 9.47 Å². The van der Waals surface area contributed by atoms with Crippen LogP contribution in [-0.2, 0) is 21.7 Å². The molecule has 1 aromatic heterocycles. The van der Waals surface area contributed by atoms with Gasteiger partial charge in [0, 0.05) is 28.5 Å². The molecule has 2 bridgehead atoms. The van der Waals surface area contributed by atoms with Crippen LogP contribution in [0.1, 0.15) is 43.5 Å². The standard InChI is InChI=1S/C27H16O4S/c28-23-18-7-3-4-8-19(18)24(29)26-22(23)25-20-10-9-15-5-1-2-6-17(15)21(20)13-27(30-25,31-26)16-11-12-32-14-16/h1-12,14,25H,13H2/t25-,27+/m0/s1. The Kier molecular flexibility index (Phi) is 3.53. The van der Waals surface area contributed by atoms with Crippen LogP contribution >= 0.6 is 11.3 Å². The minimum Gasteiger partial charge on any atom is -0.453 e. The summed E-state index contributed by atoms with van der Waals surface area (Å²) in [7, 11) is 0. The second kappa shape index (κ2) is 6.25. The van der Waals surface area contributed by atoms with Crippen LogP contribution < -0.4 is 0 Å². The Balaban J connectivity index is 1.54. The molecular weight excluding hydrogens is 420 g/mol. The maximum atomic E-state index is 13.6. The van der Waals surface area contributed by atoms with E-state index >= 15 is 0 Å². The lowest BCUT2D eigenvalue weighted by atomic mass is 9.77. The molecule has 5 heteroatoms. The number of carbonyl (C=O) groups is 2. The van der Waals surface area contributed by atoms with E-state index in [0.29, 0.717) is 23.1 Å². The highest BCUT2D eigenvalue weighted by atomic mass is 32.1. The van der Waals surface area contributed by atoms with Crippen molar-refractivity contribution in [3.63, 3.8) is 0 Å². The number of ketones is 2. The SMILES string of the molecule is O=C1C2=C(C(=O)c3ccccc31)[C@H]1O[C@](c3ccsc3)(Cc3c1ccc1ccccc31)O2. The number of thiophene rings is 1. The largest absolute Gasteiger partial charge is 0.453 e. The van der Waals surface area contributed by atoms with Crippen molar-refractivity contribution in [2.24, 2.45) is 0 Å². The molecule has 32 heavy (non-hydrogen) atoms. The number of Topliss-reactive ketones (excluding diaryl/α,β-unsaturated/α-hetero) is 2. The summed E-state index contributed by atoms with van der Waals surface area (Å²) in [5.41, 5.74) is 3.96. The van der Waals surface area contributed by atoms with Crippen molar-refractivity contribution in [2.75, 3.05) is 0 Å². The molecule has 0 amide bonds. The fourth-order valence-corrected chi connectivity index (χ4v) is 5.89. The van der Waals surface area contributed by atoms with Crippen molar-refractivity contribution in [1.29, 1.82) is 0 Å². The van der Waals surface area contributed by atoms with Gasteiger partial charge in [-0.15, -0.1) is 0 Å². The summed E-state index contributed by atoms with van der Waals surface area (Å²) in [6.45, 7) is 0. The summed E-state index contributed by atoms with van der Waals surface area (Å²) in [5, 5.41) is 6.19. The lowest BCUT2D eigenvalue weighted by molar-refractivity contribution is -0.263. The molecule has 0 saturated carbocycles. The summed E-state index contributed by atoms with van der Waals surface area (Å²) in [6, 6.07) is 21.2. The van der Waals surface area contributed by atoms with Gasteiger partial charge in [-0.2, -0.15) is 11.3 Å². The van der Waals surface area contributed by atoms with Gasteiger partial charge in [-0.05, 0) is 33.3 Å². The number of allylic oxidation sites excluding steroid dienone is 1. The average molecular weight is 436 g/mol. The number of benzene rings is 3. The quantitative estimate of drug-likeness (QED) is 0.382. The fourth-order valence-electron chi connectivity index (χ4n) is 5.19. The predicted molar refractivity (Wildman–Crippen MR) is 121 cm³/mol. The van der Waals surface area contributed by atoms with E-state index in [0.717, 1.165) is 27.5 Å². The molecule has 4 aromatic rings. The second-order valence-corrected chi connectivity index (χ2v) is 9.12. The van der Waals surface area contributed by atoms with Gasteiger partial charge in [0.25, 0.3) is 0 Å². The van der Waals surface area contributed by atoms with Crippen molar-refractivity contribution in [2.45, 2.75) is 18.3 Å². The van der Waals surface area contributed by atoms with E-state index in [1.165, 1.54) is 0 Å². The van der Waals surface area contributed by atoms with Crippen molar-refractivity contribution < 1.29 is 19.1 Å². The van der Waals surface area contributed by atoms with Crippen LogP contribution in [0.25, 0.3) is 10.8 Å². The number of ether oxygens (including phenoxy) is 2. The Hall–Kier alpha value is -3.54. The van der Waals surface area contributed by atoms with Gasteiger partial charge in [0.05, 0.1) is 5.57 Å². The van der Waals surface area contributed by atoms with Gasteiger partial charge in [0.2, 0.25) is 11.6 Å². The third-order valence-corrected chi connectivity index (χ3v) is 7.36. The molecule has 0 radical (unpaired) electrons. The van der Waals surface area contributed by atoms with E-state index in [1.54, 1.807) is 35.6 Å². The molecule has 2 aliphatic heterocycles. The van der Waals surface area contributed by atoms with E-state index in [-0.39, 0.29) is 17.3 Å². The Morgan fingerprint density at radius 3 is 2.47 bits per heavy atom. The van der Waals surface area contributed by atoms with Gasteiger partial charge in [-0.25, -0.2) is 0 Å². The first kappa shape index (κ1) is 18.1. The molecular formula is C27H16O4S. The molecule has 4 nitrogen and oxygen atoms in total. The van der Waals surface area contributed by atoms with Crippen molar-refractivity contribution in [3.8, 4) is 0 Å². The molecule has 0 spiro atoms. The predicted octanol–water partition coefficient (Wildman–Crippen LogP) is 5.73. The number of rotatable bonds is 1. The first-order valence-electron chi connectivity index (χ1n) is 10.5. The zero-order valence-corrected chi connectivity index (χ0v) is 17.6. The monoisotopic (exact) mass is 436 g/mol. The summed E-state index contributed by atoms with van der Waals surface area (Å²) >= 11 is 1.55. The Bertz CT molecular complexity index is 1500. The molecule has 0 N–H and O–H groups in total. The molecule has 3 aromatic carbocycles. The number of hydrogen-bond donors (Lipinski definition) is 0. The van der Waals surface area contributed by atoms with Crippen molar-refractivity contribution in [3.05, 3.63) is 117 Å². The first-order valence-corrected chi connectivity index (χ1v) is 11.4. The number of hydrogen-bond acceptors (Lipinski definition) is 5. The van der Waals surface area contributed by atoms with Gasteiger partial charge in [0.15, 0.2) is 11.5 Å². The molecule has 7 rings (SSSR count). The summed E-state index contributed by atoms with van der Waals surface area (Å²) in [4.78, 5) is 27.1. The van der Waals surface area contributed by atoms with Gasteiger partial charge in [-0.3, -0.25) is 9.59 Å². The summed E-state index contributed by atoms with van der Waals surface area (Å²) < 4.78 is 13.0. The normalized spacial score (nSPS) is 23.4. The fraction of sp³-hybridized carbons (Fsp3) is 0.111. The van der Waals surface area contributed by atoms with Crippen LogP contribution in [-0.4, -0.2) is 11.6 Å². The molecule has 0 saturated heterocycles. The Morgan fingerprint density at radius 2 is 1.66 bits per heavy atom. The molecule has 1 aliphatic carbocycles. The van der Waals surface area contributed by atoms with Crippen LogP contribution in [0.4, 0.5) is 0 Å². The summed E-state index contributed by atoms with van der Waals surface area (Å²) in [5.74, 6) is -1.49. The number of fused-ring (bicyclic) bond motifs is 8. The highest BCUT2D eigenvalue weighted by molar-refractivity contribution is 7.08. The minimum absolute atomic E-state index is 0.120. The molecule has 0 fully saturated rings. The van der Waals surface area contributed by atoms with Crippen LogP contribution in [0, 0.1) is 0 Å². The molecule has 3 aliphatic rings. The van der Waals surface area contributed by atoms with E-state index in [9.17, 15) is 9.59 Å². The highest BCUT2D eigenvalue weighted by Crippen LogP contribution is 2.54. The lowest BCUT2D eigenvalue weighted by Crippen LogP contribution is -2.47. The zero-order chi connectivity index (χ0) is 21.4. The van der Waals surface area contributed by atoms with E-state index in [1.807, 2.05) is 41.1 Å². The van der Waals surface area contributed by atoms with Gasteiger partial charge >= 0.3 is 0 Å². The van der Waals surface area contributed by atoms with Gasteiger partial charge in [0.1, 0.15) is 6.10 Å². The van der Waals surface area contributed by atoms with E-state index in [2.05, 4.69) is 12.1 Å². The second-order valence-electron chi connectivity index (χ2n) is 8.34. The number of carbonyl (C=O) groups excluding carboxylic acids is 2. The first-order chi connectivity index (χ1) is 15.7. The van der Waals surface area contributed by atoms with Gasteiger partial charge < -0.3 is 9.47 Å². The van der Waals surface area contributed by atoms with E-state index < -0.39 is 11.9 Å². The molecule has 2 atom stereocenters. The smallest absolute Gasteiger partial charge is 0.243 e.